The predicted octanol–water partition coefficient (Wildman–Crippen LogP) is 3.85. The number of carbonyl (C=O) groups excluding carboxylic acids is 2. The molecular weight excluding hydrogens is 461 g/mol. The number of carbonyl (C=O) groups is 2. The Morgan fingerprint density at radius 2 is 1.79 bits per heavy atom. The number of esters is 1. The summed E-state index contributed by atoms with van der Waals surface area (Å²) >= 11 is 0. The Balaban J connectivity index is 2.07. The minimum atomic E-state index is -4.52. The van der Waals surface area contributed by atoms with Crippen molar-refractivity contribution in [2.45, 2.75) is 31.0 Å². The zero-order valence-corrected chi connectivity index (χ0v) is 19.1. The second-order valence-corrected chi connectivity index (χ2v) is 9.44. The molecule has 0 fully saturated rings. The largest absolute Gasteiger partial charge is 0.449 e. The van der Waals surface area contributed by atoms with Gasteiger partial charge in [0, 0.05) is 25.9 Å². The van der Waals surface area contributed by atoms with Crippen molar-refractivity contribution in [3.05, 3.63) is 65.2 Å². The lowest BCUT2D eigenvalue weighted by Crippen LogP contribution is -2.30. The highest BCUT2D eigenvalue weighted by molar-refractivity contribution is 7.89. The molecule has 0 spiro atoms. The zero-order chi connectivity index (χ0) is 25.0. The summed E-state index contributed by atoms with van der Waals surface area (Å²) in [5.74, 6) is -1.64. The highest BCUT2D eigenvalue weighted by atomic mass is 32.2. The summed E-state index contributed by atoms with van der Waals surface area (Å²) < 4.78 is 68.9. The van der Waals surface area contributed by atoms with Crippen molar-refractivity contribution in [3.63, 3.8) is 0 Å². The number of sulfonamides is 1. The van der Waals surface area contributed by atoms with Crippen LogP contribution in [0.3, 0.4) is 0 Å². The van der Waals surface area contributed by atoms with Crippen molar-refractivity contribution in [2.75, 3.05) is 19.4 Å². The van der Waals surface area contributed by atoms with E-state index in [9.17, 15) is 31.2 Å². The number of hydrogen-bond acceptors (Lipinski definition) is 5. The maximum Gasteiger partial charge on any atom is 0.416 e. The molecular formula is C22H23F3N2O5S. The number of nitrogens with one attached hydrogen (secondary N) is 1. The van der Waals surface area contributed by atoms with Crippen molar-refractivity contribution in [1.29, 1.82) is 0 Å². The van der Waals surface area contributed by atoms with E-state index in [1.54, 1.807) is 6.92 Å². The van der Waals surface area contributed by atoms with Gasteiger partial charge in [-0.3, -0.25) is 4.79 Å². The average molecular weight is 484 g/mol. The van der Waals surface area contributed by atoms with E-state index in [1.165, 1.54) is 51.4 Å². The number of anilines is 1. The minimum absolute atomic E-state index is 0.0259. The van der Waals surface area contributed by atoms with Gasteiger partial charge in [0.1, 0.15) is 0 Å². The molecule has 0 aliphatic rings. The molecule has 1 amide bonds. The van der Waals surface area contributed by atoms with Gasteiger partial charge in [-0.15, -0.1) is 0 Å². The average Bonchev–Trinajstić information content (AvgIpc) is 2.73. The first-order chi connectivity index (χ1) is 15.2. The molecule has 0 bridgehead atoms. The first kappa shape index (κ1) is 26.1. The van der Waals surface area contributed by atoms with Crippen LogP contribution in [0.25, 0.3) is 6.08 Å². The highest BCUT2D eigenvalue weighted by Crippen LogP contribution is 2.29. The van der Waals surface area contributed by atoms with Crippen molar-refractivity contribution >= 4 is 33.7 Å². The fourth-order valence-electron chi connectivity index (χ4n) is 2.59. The first-order valence-corrected chi connectivity index (χ1v) is 11.1. The molecule has 0 radical (unpaired) electrons. The van der Waals surface area contributed by atoms with Gasteiger partial charge in [0.05, 0.1) is 10.5 Å². The van der Waals surface area contributed by atoms with Crippen LogP contribution in [-0.2, 0) is 30.5 Å². The van der Waals surface area contributed by atoms with Crippen LogP contribution in [-0.4, -0.2) is 44.8 Å². The van der Waals surface area contributed by atoms with Crippen LogP contribution < -0.4 is 5.32 Å². The molecule has 0 saturated carbocycles. The Morgan fingerprint density at radius 1 is 1.12 bits per heavy atom. The van der Waals surface area contributed by atoms with E-state index in [1.807, 2.05) is 0 Å². The Hall–Kier alpha value is -3.18. The maximum absolute atomic E-state index is 12.8. The molecule has 2 aromatic carbocycles. The van der Waals surface area contributed by atoms with E-state index in [0.29, 0.717) is 5.56 Å². The van der Waals surface area contributed by atoms with Crippen LogP contribution in [0.4, 0.5) is 18.9 Å². The normalized spacial score (nSPS) is 13.2. The standard InChI is InChI=1S/C22H23F3N2O5S/c1-14-8-10-18(33(30,31)27(3)4)13-19(14)26-21(29)15(2)32-20(28)11-9-16-6-5-7-17(12-16)22(23,24)25/h5-13,15H,1-4H3,(H,26,29)/b11-9+. The quantitative estimate of drug-likeness (QED) is 0.476. The number of amides is 1. The summed E-state index contributed by atoms with van der Waals surface area (Å²) in [6.45, 7) is 2.97. The van der Waals surface area contributed by atoms with Gasteiger partial charge >= 0.3 is 12.1 Å². The molecule has 178 valence electrons. The molecule has 0 aliphatic heterocycles. The zero-order valence-electron chi connectivity index (χ0n) is 18.3. The molecule has 7 nitrogen and oxygen atoms in total. The summed E-state index contributed by atoms with van der Waals surface area (Å²) in [5, 5.41) is 2.52. The fraction of sp³-hybridized carbons (Fsp3) is 0.273. The number of halogens is 3. The first-order valence-electron chi connectivity index (χ1n) is 9.62. The summed E-state index contributed by atoms with van der Waals surface area (Å²) in [6.07, 6.45) is -3.72. The van der Waals surface area contributed by atoms with Gasteiger partial charge in [-0.1, -0.05) is 18.2 Å². The van der Waals surface area contributed by atoms with Gasteiger partial charge in [-0.2, -0.15) is 13.2 Å². The summed E-state index contributed by atoms with van der Waals surface area (Å²) in [4.78, 5) is 24.4. The van der Waals surface area contributed by atoms with Crippen LogP contribution in [0.2, 0.25) is 0 Å². The second-order valence-electron chi connectivity index (χ2n) is 7.29. The summed E-state index contributed by atoms with van der Waals surface area (Å²) in [7, 11) is -0.966. The molecule has 0 aromatic heterocycles. The number of nitrogens with zero attached hydrogens (tertiary/aromatic N) is 1. The van der Waals surface area contributed by atoms with Crippen LogP contribution in [0.1, 0.15) is 23.6 Å². The van der Waals surface area contributed by atoms with Gasteiger partial charge in [0.25, 0.3) is 5.91 Å². The Bertz CT molecular complexity index is 1170. The molecule has 1 unspecified atom stereocenters. The third-order valence-electron chi connectivity index (χ3n) is 4.53. The monoisotopic (exact) mass is 484 g/mol. The molecule has 0 heterocycles. The fourth-order valence-corrected chi connectivity index (χ4v) is 3.52. The maximum atomic E-state index is 12.8. The molecule has 2 aromatic rings. The lowest BCUT2D eigenvalue weighted by molar-refractivity contribution is -0.148. The van der Waals surface area contributed by atoms with Crippen LogP contribution in [0, 0.1) is 6.92 Å². The SMILES string of the molecule is Cc1ccc(S(=O)(=O)N(C)C)cc1NC(=O)C(C)OC(=O)/C=C/c1cccc(C(F)(F)F)c1. The van der Waals surface area contributed by atoms with E-state index in [2.05, 4.69) is 5.32 Å². The highest BCUT2D eigenvalue weighted by Gasteiger charge is 2.30. The third kappa shape index (κ3) is 6.90. The number of rotatable bonds is 7. The van der Waals surface area contributed by atoms with E-state index >= 15 is 0 Å². The van der Waals surface area contributed by atoms with Gasteiger partial charge in [-0.25, -0.2) is 17.5 Å². The number of alkyl halides is 3. The van der Waals surface area contributed by atoms with Crippen LogP contribution >= 0.6 is 0 Å². The van der Waals surface area contributed by atoms with Crippen molar-refractivity contribution in [2.24, 2.45) is 0 Å². The molecule has 33 heavy (non-hydrogen) atoms. The molecule has 0 saturated heterocycles. The Kier molecular flexibility index (Phi) is 8.04. The summed E-state index contributed by atoms with van der Waals surface area (Å²) in [6, 6.07) is 8.59. The lowest BCUT2D eigenvalue weighted by atomic mass is 10.1. The van der Waals surface area contributed by atoms with Gasteiger partial charge in [-0.05, 0) is 55.3 Å². The van der Waals surface area contributed by atoms with Crippen LogP contribution in [0.15, 0.2) is 53.4 Å². The minimum Gasteiger partial charge on any atom is -0.449 e. The predicted molar refractivity (Wildman–Crippen MR) is 117 cm³/mol. The number of ether oxygens (including phenoxy) is 1. The summed E-state index contributed by atoms with van der Waals surface area (Å²) in [5.41, 5.74) is 0.0856. The van der Waals surface area contributed by atoms with Gasteiger partial charge < -0.3 is 10.1 Å². The van der Waals surface area contributed by atoms with Gasteiger partial charge in [0.2, 0.25) is 10.0 Å². The van der Waals surface area contributed by atoms with E-state index in [0.717, 1.165) is 28.6 Å². The smallest absolute Gasteiger partial charge is 0.416 e. The van der Waals surface area contributed by atoms with Crippen molar-refractivity contribution in [3.8, 4) is 0 Å². The Morgan fingerprint density at radius 3 is 2.39 bits per heavy atom. The van der Waals surface area contributed by atoms with Crippen molar-refractivity contribution < 1.29 is 35.9 Å². The molecule has 2 rings (SSSR count). The molecule has 0 aliphatic carbocycles. The lowest BCUT2D eigenvalue weighted by Gasteiger charge is -2.16. The number of benzene rings is 2. The molecule has 1 N–H and O–H groups in total. The van der Waals surface area contributed by atoms with Crippen LogP contribution in [0.5, 0.6) is 0 Å². The van der Waals surface area contributed by atoms with Crippen molar-refractivity contribution in [1.82, 2.24) is 4.31 Å². The van der Waals surface area contributed by atoms with E-state index < -0.39 is 39.7 Å². The van der Waals surface area contributed by atoms with E-state index in [-0.39, 0.29) is 16.1 Å². The number of hydrogen-bond donors (Lipinski definition) is 1. The Labute approximate surface area is 189 Å². The second kappa shape index (κ2) is 10.2. The van der Waals surface area contributed by atoms with Gasteiger partial charge in [0.15, 0.2) is 6.10 Å². The molecule has 1 atom stereocenters. The molecule has 11 heteroatoms. The third-order valence-corrected chi connectivity index (χ3v) is 6.34. The topological polar surface area (TPSA) is 92.8 Å². The number of aryl methyl sites for hydroxylation is 1. The van der Waals surface area contributed by atoms with E-state index in [4.69, 9.17) is 4.74 Å².